The lowest BCUT2D eigenvalue weighted by Crippen LogP contribution is -2.20. The zero-order valence-corrected chi connectivity index (χ0v) is 16.9. The first-order chi connectivity index (χ1) is 14.4. The van der Waals surface area contributed by atoms with Gasteiger partial charge in [0.25, 0.3) is 0 Å². The van der Waals surface area contributed by atoms with Crippen LogP contribution in [0.1, 0.15) is 6.42 Å². The Morgan fingerprint density at radius 1 is 0.667 bits per heavy atom. The Labute approximate surface area is 175 Å². The van der Waals surface area contributed by atoms with Crippen LogP contribution in [0, 0.1) is 0 Å². The van der Waals surface area contributed by atoms with Crippen LogP contribution in [0.15, 0.2) is 89.8 Å². The molecule has 0 aromatic heterocycles. The zero-order chi connectivity index (χ0) is 21.4. The molecular formula is C22H21N3O4S. The summed E-state index contributed by atoms with van der Waals surface area (Å²) in [5.74, 6) is -0.722. The molecule has 0 spiro atoms. The minimum atomic E-state index is -3.53. The van der Waals surface area contributed by atoms with E-state index in [2.05, 4.69) is 16.0 Å². The normalized spacial score (nSPS) is 10.8. The van der Waals surface area contributed by atoms with Crippen molar-refractivity contribution in [1.82, 2.24) is 0 Å². The van der Waals surface area contributed by atoms with Gasteiger partial charge in [-0.15, -0.1) is 0 Å². The molecule has 0 radical (unpaired) electrons. The average Bonchev–Trinajstić information content (AvgIpc) is 2.74. The molecule has 3 aromatic carbocycles. The number of rotatable bonds is 7. The number of sulfone groups is 1. The zero-order valence-electron chi connectivity index (χ0n) is 16.0. The van der Waals surface area contributed by atoms with Crippen LogP contribution in [-0.2, 0) is 14.6 Å². The summed E-state index contributed by atoms with van der Waals surface area (Å²) in [5, 5.41) is 8.04. The van der Waals surface area contributed by atoms with Crippen LogP contribution < -0.4 is 16.0 Å². The predicted molar refractivity (Wildman–Crippen MR) is 117 cm³/mol. The SMILES string of the molecule is O=C(CCS(=O)(=O)c1ccccc1)Nc1cccc(NC(=O)Nc2ccccc2)c1. The summed E-state index contributed by atoms with van der Waals surface area (Å²) in [5.41, 5.74) is 1.59. The predicted octanol–water partition coefficient (Wildman–Crippen LogP) is 4.13. The van der Waals surface area contributed by atoms with Crippen molar-refractivity contribution in [2.45, 2.75) is 11.3 Å². The highest BCUT2D eigenvalue weighted by atomic mass is 32.2. The molecule has 3 rings (SSSR count). The van der Waals surface area contributed by atoms with Crippen LogP contribution >= 0.6 is 0 Å². The third-order valence-electron chi connectivity index (χ3n) is 4.14. The maximum atomic E-state index is 12.3. The summed E-state index contributed by atoms with van der Waals surface area (Å²) < 4.78 is 24.6. The molecule has 8 heteroatoms. The maximum absolute atomic E-state index is 12.3. The van der Waals surface area contributed by atoms with Crippen LogP contribution in [0.2, 0.25) is 0 Å². The van der Waals surface area contributed by atoms with Gasteiger partial charge in [0.15, 0.2) is 9.84 Å². The van der Waals surface area contributed by atoms with Crippen LogP contribution in [-0.4, -0.2) is 26.1 Å². The lowest BCUT2D eigenvalue weighted by Gasteiger charge is -2.10. The Hall–Kier alpha value is -3.65. The van der Waals surface area contributed by atoms with Crippen LogP contribution in [0.5, 0.6) is 0 Å². The van der Waals surface area contributed by atoms with Crippen LogP contribution in [0.3, 0.4) is 0 Å². The largest absolute Gasteiger partial charge is 0.326 e. The molecule has 0 unspecified atom stereocenters. The van der Waals surface area contributed by atoms with E-state index >= 15 is 0 Å². The first-order valence-electron chi connectivity index (χ1n) is 9.23. The number of hydrogen-bond acceptors (Lipinski definition) is 4. The molecule has 3 amide bonds. The average molecular weight is 423 g/mol. The smallest absolute Gasteiger partial charge is 0.323 e. The Morgan fingerprint density at radius 2 is 1.20 bits per heavy atom. The number of urea groups is 1. The standard InChI is InChI=1S/C22H21N3O4S/c26-21(14-15-30(28,29)20-12-5-2-6-13-20)23-18-10-7-11-19(16-18)25-22(27)24-17-8-3-1-4-9-17/h1-13,16H,14-15H2,(H,23,26)(H2,24,25,27). The number of carbonyl (C=O) groups excluding carboxylic acids is 2. The highest BCUT2D eigenvalue weighted by molar-refractivity contribution is 7.91. The Kier molecular flexibility index (Phi) is 6.82. The van der Waals surface area contributed by atoms with E-state index in [1.165, 1.54) is 12.1 Å². The van der Waals surface area contributed by atoms with E-state index in [-0.39, 0.29) is 17.1 Å². The first kappa shape index (κ1) is 21.1. The van der Waals surface area contributed by atoms with Gasteiger partial charge in [0.1, 0.15) is 0 Å². The van der Waals surface area contributed by atoms with Gasteiger partial charge in [0.05, 0.1) is 10.6 Å². The fraction of sp³-hybridized carbons (Fsp3) is 0.0909. The number of nitrogens with one attached hydrogen (secondary N) is 3. The van der Waals surface area contributed by atoms with Gasteiger partial charge in [0.2, 0.25) is 5.91 Å². The van der Waals surface area contributed by atoms with E-state index in [0.29, 0.717) is 17.1 Å². The summed E-state index contributed by atoms with van der Waals surface area (Å²) in [6.45, 7) is 0. The van der Waals surface area contributed by atoms with E-state index in [1.54, 1.807) is 54.6 Å². The fourth-order valence-corrected chi connectivity index (χ4v) is 3.95. The fourth-order valence-electron chi connectivity index (χ4n) is 2.69. The molecule has 0 fully saturated rings. The van der Waals surface area contributed by atoms with Gasteiger partial charge in [-0.25, -0.2) is 13.2 Å². The molecule has 0 aliphatic rings. The Balaban J connectivity index is 1.54. The number of amides is 3. The lowest BCUT2D eigenvalue weighted by atomic mass is 10.2. The van der Waals surface area contributed by atoms with Gasteiger partial charge in [-0.05, 0) is 42.5 Å². The molecule has 0 saturated carbocycles. The third kappa shape index (κ3) is 6.18. The highest BCUT2D eigenvalue weighted by Gasteiger charge is 2.16. The van der Waals surface area contributed by atoms with E-state index in [1.807, 2.05) is 18.2 Å². The van der Waals surface area contributed by atoms with Crippen molar-refractivity contribution >= 4 is 38.8 Å². The topological polar surface area (TPSA) is 104 Å². The highest BCUT2D eigenvalue weighted by Crippen LogP contribution is 2.17. The number of anilines is 3. The minimum Gasteiger partial charge on any atom is -0.326 e. The molecule has 3 N–H and O–H groups in total. The van der Waals surface area contributed by atoms with Crippen molar-refractivity contribution < 1.29 is 18.0 Å². The number of carbonyl (C=O) groups is 2. The summed E-state index contributed by atoms with van der Waals surface area (Å²) in [4.78, 5) is 24.5. The van der Waals surface area contributed by atoms with Gasteiger partial charge in [-0.3, -0.25) is 4.79 Å². The summed E-state index contributed by atoms with van der Waals surface area (Å²) >= 11 is 0. The van der Waals surface area contributed by atoms with E-state index < -0.39 is 21.8 Å². The second kappa shape index (κ2) is 9.71. The second-order valence-corrected chi connectivity index (χ2v) is 8.57. The minimum absolute atomic E-state index is 0.177. The molecule has 3 aromatic rings. The monoisotopic (exact) mass is 423 g/mol. The van der Waals surface area contributed by atoms with Crippen LogP contribution in [0.25, 0.3) is 0 Å². The molecule has 7 nitrogen and oxygen atoms in total. The Bertz CT molecular complexity index is 1120. The van der Waals surface area contributed by atoms with E-state index in [0.717, 1.165) is 0 Å². The number of benzene rings is 3. The molecule has 0 aliphatic carbocycles. The molecule has 0 bridgehead atoms. The first-order valence-corrected chi connectivity index (χ1v) is 10.9. The number of para-hydroxylation sites is 1. The van der Waals surface area contributed by atoms with Gasteiger partial charge in [0, 0.05) is 23.5 Å². The van der Waals surface area contributed by atoms with Crippen molar-refractivity contribution in [1.29, 1.82) is 0 Å². The quantitative estimate of drug-likeness (QED) is 0.531. The van der Waals surface area contributed by atoms with Gasteiger partial charge in [-0.2, -0.15) is 0 Å². The van der Waals surface area contributed by atoms with Crippen molar-refractivity contribution in [3.05, 3.63) is 84.9 Å². The second-order valence-electron chi connectivity index (χ2n) is 6.46. The summed E-state index contributed by atoms with van der Waals surface area (Å²) in [7, 11) is -3.53. The third-order valence-corrected chi connectivity index (χ3v) is 5.87. The summed E-state index contributed by atoms with van der Waals surface area (Å²) in [6, 6.07) is 23.2. The molecule has 0 saturated heterocycles. The number of hydrogen-bond donors (Lipinski definition) is 3. The van der Waals surface area contributed by atoms with E-state index in [4.69, 9.17) is 0 Å². The molecular weight excluding hydrogens is 402 g/mol. The van der Waals surface area contributed by atoms with Gasteiger partial charge < -0.3 is 16.0 Å². The Morgan fingerprint density at radius 3 is 1.87 bits per heavy atom. The maximum Gasteiger partial charge on any atom is 0.323 e. The van der Waals surface area contributed by atoms with Gasteiger partial charge >= 0.3 is 6.03 Å². The van der Waals surface area contributed by atoms with Crippen LogP contribution in [0.4, 0.5) is 21.9 Å². The van der Waals surface area contributed by atoms with Gasteiger partial charge in [-0.1, -0.05) is 42.5 Å². The van der Waals surface area contributed by atoms with Crippen molar-refractivity contribution in [3.8, 4) is 0 Å². The van der Waals surface area contributed by atoms with Crippen molar-refractivity contribution in [2.24, 2.45) is 0 Å². The van der Waals surface area contributed by atoms with Crippen molar-refractivity contribution in [3.63, 3.8) is 0 Å². The summed E-state index contributed by atoms with van der Waals surface area (Å²) in [6.07, 6.45) is -0.177. The molecule has 0 aliphatic heterocycles. The molecule has 30 heavy (non-hydrogen) atoms. The lowest BCUT2D eigenvalue weighted by molar-refractivity contribution is -0.115. The molecule has 0 heterocycles. The molecule has 0 atom stereocenters. The molecule has 154 valence electrons. The van der Waals surface area contributed by atoms with Crippen molar-refractivity contribution in [2.75, 3.05) is 21.7 Å². The van der Waals surface area contributed by atoms with E-state index in [9.17, 15) is 18.0 Å².